The second kappa shape index (κ2) is 4.69. The number of nitrogens with zero attached hydrogens (tertiary/aromatic N) is 1. The largest absolute Gasteiger partial charge is 0.366 e. The van der Waals surface area contributed by atoms with E-state index in [1.165, 1.54) is 30.5 Å². The summed E-state index contributed by atoms with van der Waals surface area (Å²) in [5.41, 5.74) is 2.85. The third-order valence-corrected chi connectivity index (χ3v) is 4.32. The standard InChI is InChI=1S/C15H22N2/c1-2-12-6-8-13(9-7-12)17-11-10-16-14-4-3-5-15(14)17/h6-9,14-16H,2-5,10-11H2,1H3/t14-,15-/m1/s1. The van der Waals surface area contributed by atoms with Gasteiger partial charge in [-0.25, -0.2) is 0 Å². The lowest BCUT2D eigenvalue weighted by Gasteiger charge is -2.40. The van der Waals surface area contributed by atoms with Crippen molar-refractivity contribution in [2.45, 2.75) is 44.7 Å². The van der Waals surface area contributed by atoms with Gasteiger partial charge in [-0.1, -0.05) is 19.1 Å². The summed E-state index contributed by atoms with van der Waals surface area (Å²) in [4.78, 5) is 2.62. The highest BCUT2D eigenvalue weighted by Crippen LogP contribution is 2.30. The second-order valence-corrected chi connectivity index (χ2v) is 5.27. The number of piperazine rings is 1. The van der Waals surface area contributed by atoms with Gasteiger partial charge in [-0.3, -0.25) is 0 Å². The second-order valence-electron chi connectivity index (χ2n) is 5.27. The van der Waals surface area contributed by atoms with Gasteiger partial charge < -0.3 is 10.2 Å². The highest BCUT2D eigenvalue weighted by Gasteiger charge is 2.34. The van der Waals surface area contributed by atoms with Crippen molar-refractivity contribution in [3.63, 3.8) is 0 Å². The molecule has 2 nitrogen and oxygen atoms in total. The van der Waals surface area contributed by atoms with E-state index in [1.54, 1.807) is 0 Å². The van der Waals surface area contributed by atoms with E-state index in [0.717, 1.165) is 31.6 Å². The fraction of sp³-hybridized carbons (Fsp3) is 0.600. The van der Waals surface area contributed by atoms with Crippen molar-refractivity contribution in [3.8, 4) is 0 Å². The predicted octanol–water partition coefficient (Wildman–Crippen LogP) is 2.58. The number of anilines is 1. The topological polar surface area (TPSA) is 15.3 Å². The molecule has 17 heavy (non-hydrogen) atoms. The number of hydrogen-bond acceptors (Lipinski definition) is 2. The van der Waals surface area contributed by atoms with Crippen molar-refractivity contribution in [2.75, 3.05) is 18.0 Å². The molecule has 1 aromatic carbocycles. The third-order valence-electron chi connectivity index (χ3n) is 4.32. The fourth-order valence-corrected chi connectivity index (χ4v) is 3.33. The Labute approximate surface area is 104 Å². The zero-order valence-electron chi connectivity index (χ0n) is 10.7. The number of fused-ring (bicyclic) bond motifs is 1. The van der Waals surface area contributed by atoms with Gasteiger partial charge in [0.05, 0.1) is 0 Å². The summed E-state index contributed by atoms with van der Waals surface area (Å²) < 4.78 is 0. The SMILES string of the molecule is CCc1ccc(N2CCN[C@@H]3CCC[C@H]32)cc1. The lowest BCUT2D eigenvalue weighted by atomic mass is 10.1. The van der Waals surface area contributed by atoms with E-state index in [1.807, 2.05) is 0 Å². The van der Waals surface area contributed by atoms with Crippen LogP contribution >= 0.6 is 0 Å². The Morgan fingerprint density at radius 3 is 2.82 bits per heavy atom. The van der Waals surface area contributed by atoms with Crippen molar-refractivity contribution in [2.24, 2.45) is 0 Å². The molecule has 1 aliphatic carbocycles. The Morgan fingerprint density at radius 2 is 2.06 bits per heavy atom. The van der Waals surface area contributed by atoms with Crippen molar-refractivity contribution >= 4 is 5.69 Å². The van der Waals surface area contributed by atoms with Crippen molar-refractivity contribution < 1.29 is 0 Å². The molecule has 1 aliphatic heterocycles. The summed E-state index contributed by atoms with van der Waals surface area (Å²) in [5.74, 6) is 0. The first-order chi connectivity index (χ1) is 8.38. The predicted molar refractivity (Wildman–Crippen MR) is 72.6 cm³/mol. The molecule has 1 saturated carbocycles. The van der Waals surface area contributed by atoms with E-state index in [2.05, 4.69) is 41.4 Å². The van der Waals surface area contributed by atoms with Crippen LogP contribution in [0.25, 0.3) is 0 Å². The number of aryl methyl sites for hydroxylation is 1. The summed E-state index contributed by atoms with van der Waals surface area (Å²) >= 11 is 0. The van der Waals surface area contributed by atoms with E-state index < -0.39 is 0 Å². The van der Waals surface area contributed by atoms with Gasteiger partial charge in [0.2, 0.25) is 0 Å². The van der Waals surface area contributed by atoms with Crippen molar-refractivity contribution in [3.05, 3.63) is 29.8 Å². The first-order valence-corrected chi connectivity index (χ1v) is 6.97. The fourth-order valence-electron chi connectivity index (χ4n) is 3.33. The smallest absolute Gasteiger partial charge is 0.0443 e. The Balaban J connectivity index is 1.81. The van der Waals surface area contributed by atoms with E-state index in [-0.39, 0.29) is 0 Å². The lowest BCUT2D eigenvalue weighted by Crippen LogP contribution is -2.55. The minimum Gasteiger partial charge on any atom is -0.366 e. The molecule has 0 amide bonds. The van der Waals surface area contributed by atoms with Gasteiger partial charge in [-0.05, 0) is 43.4 Å². The van der Waals surface area contributed by atoms with Gasteiger partial charge in [0.1, 0.15) is 0 Å². The molecule has 92 valence electrons. The summed E-state index contributed by atoms with van der Waals surface area (Å²) in [6.07, 6.45) is 5.22. The van der Waals surface area contributed by atoms with E-state index in [4.69, 9.17) is 0 Å². The molecule has 1 saturated heterocycles. The highest BCUT2D eigenvalue weighted by atomic mass is 15.2. The molecule has 0 aromatic heterocycles. The van der Waals surface area contributed by atoms with Crippen LogP contribution in [0.5, 0.6) is 0 Å². The minimum absolute atomic E-state index is 0.731. The molecule has 0 spiro atoms. The van der Waals surface area contributed by atoms with Crippen LogP contribution in [0.3, 0.4) is 0 Å². The van der Waals surface area contributed by atoms with Crippen LogP contribution in [0.2, 0.25) is 0 Å². The molecule has 0 bridgehead atoms. The molecule has 2 aliphatic rings. The summed E-state index contributed by atoms with van der Waals surface area (Å²) in [6.45, 7) is 4.51. The van der Waals surface area contributed by atoms with E-state index in [9.17, 15) is 0 Å². The van der Waals surface area contributed by atoms with Crippen molar-refractivity contribution in [1.82, 2.24) is 5.32 Å². The molecule has 1 heterocycles. The maximum Gasteiger partial charge on any atom is 0.0443 e. The van der Waals surface area contributed by atoms with Crippen LogP contribution in [0.1, 0.15) is 31.7 Å². The summed E-state index contributed by atoms with van der Waals surface area (Å²) in [7, 11) is 0. The molecule has 1 N–H and O–H groups in total. The average Bonchev–Trinajstić information content (AvgIpc) is 2.87. The monoisotopic (exact) mass is 230 g/mol. The first kappa shape index (κ1) is 11.1. The summed E-state index contributed by atoms with van der Waals surface area (Å²) in [6, 6.07) is 10.6. The van der Waals surface area contributed by atoms with Crippen molar-refractivity contribution in [1.29, 1.82) is 0 Å². The van der Waals surface area contributed by atoms with Gasteiger partial charge in [0, 0.05) is 30.9 Å². The quantitative estimate of drug-likeness (QED) is 0.840. The third kappa shape index (κ3) is 2.06. The number of nitrogens with one attached hydrogen (secondary N) is 1. The highest BCUT2D eigenvalue weighted by molar-refractivity contribution is 5.50. The normalized spacial score (nSPS) is 28.2. The molecule has 0 unspecified atom stereocenters. The van der Waals surface area contributed by atoms with Gasteiger partial charge in [0.15, 0.2) is 0 Å². The van der Waals surface area contributed by atoms with Gasteiger partial charge in [0.25, 0.3) is 0 Å². The van der Waals surface area contributed by atoms with E-state index >= 15 is 0 Å². The Bertz CT molecular complexity index is 371. The number of benzene rings is 1. The lowest BCUT2D eigenvalue weighted by molar-refractivity contribution is 0.404. The van der Waals surface area contributed by atoms with Gasteiger partial charge >= 0.3 is 0 Å². The van der Waals surface area contributed by atoms with Crippen LogP contribution < -0.4 is 10.2 Å². The van der Waals surface area contributed by atoms with Gasteiger partial charge in [-0.15, -0.1) is 0 Å². The van der Waals surface area contributed by atoms with Crippen LogP contribution in [0.15, 0.2) is 24.3 Å². The molecule has 2 heteroatoms. The van der Waals surface area contributed by atoms with Gasteiger partial charge in [-0.2, -0.15) is 0 Å². The number of rotatable bonds is 2. The molecule has 0 radical (unpaired) electrons. The Kier molecular flexibility index (Phi) is 3.06. The number of hydrogen-bond donors (Lipinski definition) is 1. The molecule has 2 atom stereocenters. The molecule has 3 rings (SSSR count). The van der Waals surface area contributed by atoms with Crippen LogP contribution in [-0.2, 0) is 6.42 Å². The maximum atomic E-state index is 3.66. The zero-order chi connectivity index (χ0) is 11.7. The first-order valence-electron chi connectivity index (χ1n) is 6.97. The Morgan fingerprint density at radius 1 is 1.24 bits per heavy atom. The maximum absolute atomic E-state index is 3.66. The van der Waals surface area contributed by atoms with Crippen LogP contribution in [0, 0.1) is 0 Å². The van der Waals surface area contributed by atoms with E-state index in [0.29, 0.717) is 0 Å². The molecule has 2 fully saturated rings. The van der Waals surface area contributed by atoms with Crippen LogP contribution in [0.4, 0.5) is 5.69 Å². The summed E-state index contributed by atoms with van der Waals surface area (Å²) in [5, 5.41) is 3.66. The Hall–Kier alpha value is -1.02. The molecule has 1 aromatic rings. The average molecular weight is 230 g/mol. The van der Waals surface area contributed by atoms with Crippen LogP contribution in [-0.4, -0.2) is 25.2 Å². The zero-order valence-corrected chi connectivity index (χ0v) is 10.7. The molecular formula is C15H22N2. The molecular weight excluding hydrogens is 208 g/mol. The minimum atomic E-state index is 0.731.